The second kappa shape index (κ2) is 11.8. The van der Waals surface area contributed by atoms with Crippen LogP contribution in [-0.2, 0) is 13.1 Å². The fraction of sp³-hybridized carbons (Fsp3) is 0.480. The molecule has 1 heterocycles. The van der Waals surface area contributed by atoms with Gasteiger partial charge < -0.3 is 20.5 Å². The molecular weight excluding hydrogens is 407 g/mol. The predicted molar refractivity (Wildman–Crippen MR) is 126 cm³/mol. The second-order valence-corrected chi connectivity index (χ2v) is 8.28. The van der Waals surface area contributed by atoms with E-state index in [0.717, 1.165) is 50.1 Å². The molecule has 0 aromatic heterocycles. The number of ether oxygens (including phenoxy) is 1. The van der Waals surface area contributed by atoms with Gasteiger partial charge in [-0.2, -0.15) is 0 Å². The minimum Gasteiger partial charge on any atom is -0.494 e. The number of rotatable bonds is 8. The number of methoxy groups -OCH3 is 1. The van der Waals surface area contributed by atoms with Gasteiger partial charge in [0, 0.05) is 26.2 Å². The third-order valence-corrected chi connectivity index (χ3v) is 5.78. The van der Waals surface area contributed by atoms with Gasteiger partial charge in [0.15, 0.2) is 17.5 Å². The Bertz CT molecular complexity index is 880. The largest absolute Gasteiger partial charge is 0.494 e. The van der Waals surface area contributed by atoms with Crippen LogP contribution in [0.1, 0.15) is 49.4 Å². The first-order chi connectivity index (χ1) is 15.5. The zero-order valence-electron chi connectivity index (χ0n) is 19.3. The number of hydrogen-bond donors (Lipinski definition) is 3. The van der Waals surface area contributed by atoms with Crippen molar-refractivity contribution in [1.82, 2.24) is 15.5 Å². The summed E-state index contributed by atoms with van der Waals surface area (Å²) >= 11 is 0. The fourth-order valence-corrected chi connectivity index (χ4v) is 3.82. The number of hydrogen-bond acceptors (Lipinski definition) is 4. The minimum atomic E-state index is -0.374. The highest BCUT2D eigenvalue weighted by Crippen LogP contribution is 2.21. The van der Waals surface area contributed by atoms with Crippen molar-refractivity contribution in [1.29, 1.82) is 0 Å². The third-order valence-electron chi connectivity index (χ3n) is 5.78. The van der Waals surface area contributed by atoms with Crippen LogP contribution in [0, 0.1) is 5.82 Å². The van der Waals surface area contributed by atoms with Crippen molar-refractivity contribution in [3.8, 4) is 5.75 Å². The molecule has 1 atom stereocenters. The van der Waals surface area contributed by atoms with Gasteiger partial charge in [0.25, 0.3) is 0 Å². The molecule has 0 radical (unpaired) electrons. The molecule has 0 aliphatic carbocycles. The molecule has 1 fully saturated rings. The summed E-state index contributed by atoms with van der Waals surface area (Å²) < 4.78 is 19.0. The fourth-order valence-electron chi connectivity index (χ4n) is 3.82. The van der Waals surface area contributed by atoms with Gasteiger partial charge in [-0.1, -0.05) is 30.3 Å². The SMILES string of the molecule is CCNC(=NCc1ccc(CN2CCC(O)CC2)cc1)NC(C)c1ccc(OC)c(F)c1. The molecule has 0 spiro atoms. The maximum atomic E-state index is 14.1. The molecule has 1 aliphatic heterocycles. The number of aliphatic imine (C=N–C) groups is 1. The number of nitrogens with zero attached hydrogens (tertiary/aromatic N) is 2. The molecule has 6 nitrogen and oxygen atoms in total. The lowest BCUT2D eigenvalue weighted by Crippen LogP contribution is -2.38. The summed E-state index contributed by atoms with van der Waals surface area (Å²) in [7, 11) is 1.46. The Morgan fingerprint density at radius 3 is 2.50 bits per heavy atom. The molecular formula is C25H35FN4O2. The first-order valence-corrected chi connectivity index (χ1v) is 11.3. The topological polar surface area (TPSA) is 69.1 Å². The molecule has 3 rings (SSSR count). The summed E-state index contributed by atoms with van der Waals surface area (Å²) in [5, 5.41) is 16.2. The Kier molecular flexibility index (Phi) is 8.88. The van der Waals surface area contributed by atoms with Gasteiger partial charge in [0.1, 0.15) is 0 Å². The van der Waals surface area contributed by atoms with E-state index in [-0.39, 0.29) is 23.7 Å². The summed E-state index contributed by atoms with van der Waals surface area (Å²) in [5.74, 6) is 0.552. The number of guanidine groups is 1. The van der Waals surface area contributed by atoms with Crippen LogP contribution in [0.3, 0.4) is 0 Å². The number of benzene rings is 2. The summed E-state index contributed by atoms with van der Waals surface area (Å²) in [6.07, 6.45) is 1.57. The molecule has 1 saturated heterocycles. The van der Waals surface area contributed by atoms with E-state index in [1.165, 1.54) is 18.7 Å². The van der Waals surface area contributed by atoms with Crippen molar-refractivity contribution in [3.63, 3.8) is 0 Å². The van der Waals surface area contributed by atoms with Gasteiger partial charge >= 0.3 is 0 Å². The highest BCUT2D eigenvalue weighted by molar-refractivity contribution is 5.80. The summed E-state index contributed by atoms with van der Waals surface area (Å²) in [6, 6.07) is 13.4. The number of piperidine rings is 1. The Morgan fingerprint density at radius 1 is 1.19 bits per heavy atom. The number of halogens is 1. The van der Waals surface area contributed by atoms with Gasteiger partial charge in [-0.25, -0.2) is 9.38 Å². The quantitative estimate of drug-likeness (QED) is 0.431. The third kappa shape index (κ3) is 6.93. The Labute approximate surface area is 190 Å². The second-order valence-electron chi connectivity index (χ2n) is 8.28. The van der Waals surface area contributed by atoms with Crippen molar-refractivity contribution in [2.45, 2.75) is 51.9 Å². The molecule has 2 aromatic carbocycles. The van der Waals surface area contributed by atoms with Gasteiger partial charge in [-0.05, 0) is 55.5 Å². The van der Waals surface area contributed by atoms with E-state index in [2.05, 4.69) is 39.8 Å². The van der Waals surface area contributed by atoms with E-state index in [9.17, 15) is 9.50 Å². The summed E-state index contributed by atoms with van der Waals surface area (Å²) in [5.41, 5.74) is 3.22. The van der Waals surface area contributed by atoms with Gasteiger partial charge in [0.05, 0.1) is 25.8 Å². The maximum absolute atomic E-state index is 14.1. The highest BCUT2D eigenvalue weighted by Gasteiger charge is 2.16. The highest BCUT2D eigenvalue weighted by atomic mass is 19.1. The molecule has 0 saturated carbocycles. The zero-order valence-corrected chi connectivity index (χ0v) is 19.3. The van der Waals surface area contributed by atoms with Crippen LogP contribution in [0.2, 0.25) is 0 Å². The van der Waals surface area contributed by atoms with E-state index in [1.807, 2.05) is 19.9 Å². The first-order valence-electron chi connectivity index (χ1n) is 11.3. The molecule has 0 amide bonds. The van der Waals surface area contributed by atoms with Crippen LogP contribution in [0.4, 0.5) is 4.39 Å². The van der Waals surface area contributed by atoms with Crippen LogP contribution >= 0.6 is 0 Å². The zero-order chi connectivity index (χ0) is 22.9. The molecule has 1 aliphatic rings. The summed E-state index contributed by atoms with van der Waals surface area (Å²) in [4.78, 5) is 7.08. The van der Waals surface area contributed by atoms with E-state index in [1.54, 1.807) is 6.07 Å². The lowest BCUT2D eigenvalue weighted by atomic mass is 10.1. The van der Waals surface area contributed by atoms with E-state index in [0.29, 0.717) is 12.5 Å². The van der Waals surface area contributed by atoms with Gasteiger partial charge in [-0.3, -0.25) is 4.90 Å². The summed E-state index contributed by atoms with van der Waals surface area (Å²) in [6.45, 7) is 8.08. The molecule has 3 N–H and O–H groups in total. The van der Waals surface area contributed by atoms with Crippen LogP contribution in [0.25, 0.3) is 0 Å². The van der Waals surface area contributed by atoms with Crippen molar-refractivity contribution < 1.29 is 14.2 Å². The number of likely N-dealkylation sites (tertiary alicyclic amines) is 1. The molecule has 1 unspecified atom stereocenters. The molecule has 0 bridgehead atoms. The molecule has 7 heteroatoms. The molecule has 2 aromatic rings. The van der Waals surface area contributed by atoms with E-state index >= 15 is 0 Å². The number of aliphatic hydroxyl groups is 1. The average Bonchev–Trinajstić information content (AvgIpc) is 2.80. The number of nitrogens with one attached hydrogen (secondary N) is 2. The monoisotopic (exact) mass is 442 g/mol. The normalized spacial score (nSPS) is 16.6. The van der Waals surface area contributed by atoms with Crippen molar-refractivity contribution in [3.05, 3.63) is 65.0 Å². The smallest absolute Gasteiger partial charge is 0.192 e. The lowest BCUT2D eigenvalue weighted by molar-refractivity contribution is 0.0792. The Morgan fingerprint density at radius 2 is 1.88 bits per heavy atom. The van der Waals surface area contributed by atoms with Gasteiger partial charge in [-0.15, -0.1) is 0 Å². The first kappa shape index (κ1) is 24.0. The van der Waals surface area contributed by atoms with Crippen molar-refractivity contribution in [2.75, 3.05) is 26.7 Å². The van der Waals surface area contributed by atoms with Gasteiger partial charge in [0.2, 0.25) is 0 Å². The lowest BCUT2D eigenvalue weighted by Gasteiger charge is -2.29. The van der Waals surface area contributed by atoms with Crippen molar-refractivity contribution in [2.24, 2.45) is 4.99 Å². The Hall–Kier alpha value is -2.64. The molecule has 32 heavy (non-hydrogen) atoms. The van der Waals surface area contributed by atoms with Crippen LogP contribution in [-0.4, -0.2) is 48.8 Å². The standard InChI is InChI=1S/C25H35FN4O2/c1-4-27-25(29-18(2)21-9-10-24(32-3)23(26)15-21)28-16-19-5-7-20(8-6-19)17-30-13-11-22(31)12-14-30/h5-10,15,18,22,31H,4,11-14,16-17H2,1-3H3,(H2,27,28,29). The maximum Gasteiger partial charge on any atom is 0.192 e. The van der Waals surface area contributed by atoms with E-state index in [4.69, 9.17) is 9.73 Å². The number of aliphatic hydroxyl groups excluding tert-OH is 1. The van der Waals surface area contributed by atoms with Crippen LogP contribution < -0.4 is 15.4 Å². The van der Waals surface area contributed by atoms with Crippen molar-refractivity contribution >= 4 is 5.96 Å². The average molecular weight is 443 g/mol. The minimum absolute atomic E-state index is 0.112. The van der Waals surface area contributed by atoms with E-state index < -0.39 is 0 Å². The molecule has 174 valence electrons. The predicted octanol–water partition coefficient (Wildman–Crippen LogP) is 3.61. The Balaban J connectivity index is 1.57. The van der Waals surface area contributed by atoms with Crippen LogP contribution in [0.5, 0.6) is 5.75 Å². The van der Waals surface area contributed by atoms with Crippen LogP contribution in [0.15, 0.2) is 47.5 Å².